The van der Waals surface area contributed by atoms with Crippen molar-refractivity contribution in [3.8, 4) is 5.75 Å². The van der Waals surface area contributed by atoms with E-state index in [1.165, 1.54) is 23.8 Å². The number of aromatic nitrogens is 4. The van der Waals surface area contributed by atoms with Crippen molar-refractivity contribution >= 4 is 28.4 Å². The number of amides is 1. The lowest BCUT2D eigenvalue weighted by atomic mass is 10.1. The summed E-state index contributed by atoms with van der Waals surface area (Å²) in [6, 6.07) is 2.97. The predicted octanol–water partition coefficient (Wildman–Crippen LogP) is 2.59. The van der Waals surface area contributed by atoms with E-state index in [2.05, 4.69) is 15.1 Å². The van der Waals surface area contributed by atoms with Crippen LogP contribution in [0.25, 0.3) is 16.6 Å². The summed E-state index contributed by atoms with van der Waals surface area (Å²) in [5.74, 6) is 0.514. The summed E-state index contributed by atoms with van der Waals surface area (Å²) in [5, 5.41) is 4.93. The predicted molar refractivity (Wildman–Crippen MR) is 105 cm³/mol. The molecule has 150 valence electrons. The Morgan fingerprint density at radius 1 is 1.39 bits per heavy atom. The zero-order valence-electron chi connectivity index (χ0n) is 16.6. The molecule has 0 saturated carbocycles. The molecular weight excluding hydrogens is 363 g/mol. The molecular formula is C19H25FN6O2. The Bertz CT molecular complexity index is 1020. The van der Waals surface area contributed by atoms with Crippen molar-refractivity contribution in [1.82, 2.24) is 24.5 Å². The number of ether oxygens (including phenoxy) is 1. The maximum Gasteiger partial charge on any atom is 0.223 e. The minimum atomic E-state index is -0.495. The first-order valence-corrected chi connectivity index (χ1v) is 9.29. The number of carbonyl (C=O) groups is 1. The van der Waals surface area contributed by atoms with Gasteiger partial charge in [0.1, 0.15) is 0 Å². The van der Waals surface area contributed by atoms with E-state index in [0.29, 0.717) is 35.2 Å². The summed E-state index contributed by atoms with van der Waals surface area (Å²) in [6.07, 6.45) is 2.76. The Morgan fingerprint density at radius 2 is 2.14 bits per heavy atom. The SMILES string of the molecule is CCC(=O)N(C)[C@@H](C)CCCc1nc2c3cc(F)c(OC)cc3nc(N)n2n1. The minimum absolute atomic E-state index is 0.100. The highest BCUT2D eigenvalue weighted by Crippen LogP contribution is 2.27. The average molecular weight is 388 g/mol. The van der Waals surface area contributed by atoms with E-state index in [4.69, 9.17) is 10.5 Å². The van der Waals surface area contributed by atoms with E-state index >= 15 is 0 Å². The number of hydrogen-bond acceptors (Lipinski definition) is 6. The molecule has 0 aliphatic rings. The number of benzene rings is 1. The van der Waals surface area contributed by atoms with Gasteiger partial charge in [-0.15, -0.1) is 5.10 Å². The second-order valence-corrected chi connectivity index (χ2v) is 6.84. The lowest BCUT2D eigenvalue weighted by Gasteiger charge is -2.24. The van der Waals surface area contributed by atoms with E-state index in [9.17, 15) is 9.18 Å². The zero-order chi connectivity index (χ0) is 20.4. The van der Waals surface area contributed by atoms with E-state index in [0.717, 1.165) is 12.8 Å². The number of rotatable bonds is 7. The Balaban J connectivity index is 1.82. The van der Waals surface area contributed by atoms with Crippen LogP contribution in [0, 0.1) is 5.82 Å². The van der Waals surface area contributed by atoms with Gasteiger partial charge in [-0.2, -0.15) is 4.52 Å². The van der Waals surface area contributed by atoms with Gasteiger partial charge in [0.25, 0.3) is 0 Å². The fourth-order valence-electron chi connectivity index (χ4n) is 3.18. The summed E-state index contributed by atoms with van der Waals surface area (Å²) < 4.78 is 20.6. The molecule has 0 aliphatic carbocycles. The maximum atomic E-state index is 14.1. The van der Waals surface area contributed by atoms with Gasteiger partial charge in [0, 0.05) is 37.4 Å². The number of halogens is 1. The van der Waals surface area contributed by atoms with Crippen LogP contribution in [0.2, 0.25) is 0 Å². The normalized spacial score (nSPS) is 12.5. The minimum Gasteiger partial charge on any atom is -0.494 e. The summed E-state index contributed by atoms with van der Waals surface area (Å²) in [6.45, 7) is 3.88. The summed E-state index contributed by atoms with van der Waals surface area (Å²) >= 11 is 0. The fraction of sp³-hybridized carbons (Fsp3) is 0.474. The van der Waals surface area contributed by atoms with Crippen LogP contribution in [-0.4, -0.2) is 50.6 Å². The van der Waals surface area contributed by atoms with Crippen molar-refractivity contribution in [2.24, 2.45) is 0 Å². The smallest absolute Gasteiger partial charge is 0.223 e. The molecule has 3 aromatic rings. The lowest BCUT2D eigenvalue weighted by molar-refractivity contribution is -0.131. The highest BCUT2D eigenvalue weighted by molar-refractivity contribution is 5.93. The molecule has 3 rings (SSSR count). The van der Waals surface area contributed by atoms with Crippen molar-refractivity contribution in [2.75, 3.05) is 19.9 Å². The first kappa shape index (κ1) is 19.8. The fourth-order valence-corrected chi connectivity index (χ4v) is 3.18. The highest BCUT2D eigenvalue weighted by Gasteiger charge is 2.17. The molecule has 9 heteroatoms. The summed E-state index contributed by atoms with van der Waals surface area (Å²) in [5.41, 5.74) is 6.96. The average Bonchev–Trinajstić information content (AvgIpc) is 3.12. The van der Waals surface area contributed by atoms with Crippen LogP contribution in [0.4, 0.5) is 10.3 Å². The second kappa shape index (κ2) is 7.95. The first-order valence-electron chi connectivity index (χ1n) is 9.29. The van der Waals surface area contributed by atoms with Crippen LogP contribution < -0.4 is 10.5 Å². The van der Waals surface area contributed by atoms with Crippen LogP contribution in [0.15, 0.2) is 12.1 Å². The molecule has 1 aromatic carbocycles. The number of hydrogen-bond donors (Lipinski definition) is 1. The topological polar surface area (TPSA) is 98.6 Å². The van der Waals surface area contributed by atoms with Gasteiger partial charge in [0.05, 0.1) is 12.6 Å². The van der Waals surface area contributed by atoms with Gasteiger partial charge in [0.2, 0.25) is 11.9 Å². The Hall–Kier alpha value is -2.97. The molecule has 28 heavy (non-hydrogen) atoms. The molecule has 1 amide bonds. The third-order valence-corrected chi connectivity index (χ3v) is 4.99. The number of methoxy groups -OCH3 is 1. The van der Waals surface area contributed by atoms with Crippen LogP contribution in [0.1, 0.15) is 38.9 Å². The number of nitrogen functional groups attached to an aromatic ring is 1. The largest absolute Gasteiger partial charge is 0.494 e. The van der Waals surface area contributed by atoms with E-state index in [1.807, 2.05) is 20.9 Å². The number of nitrogens with two attached hydrogens (primary N) is 1. The van der Waals surface area contributed by atoms with Crippen molar-refractivity contribution in [2.45, 2.75) is 45.6 Å². The van der Waals surface area contributed by atoms with E-state index < -0.39 is 5.82 Å². The Morgan fingerprint density at radius 3 is 2.82 bits per heavy atom. The number of carbonyl (C=O) groups excluding carboxylic acids is 1. The molecule has 0 unspecified atom stereocenters. The second-order valence-electron chi connectivity index (χ2n) is 6.84. The number of aryl methyl sites for hydroxylation is 1. The molecule has 0 spiro atoms. The third kappa shape index (κ3) is 3.69. The van der Waals surface area contributed by atoms with Crippen molar-refractivity contribution in [3.63, 3.8) is 0 Å². The van der Waals surface area contributed by atoms with Gasteiger partial charge in [-0.25, -0.2) is 14.4 Å². The van der Waals surface area contributed by atoms with Crippen LogP contribution in [0.3, 0.4) is 0 Å². The third-order valence-electron chi connectivity index (χ3n) is 4.99. The molecule has 0 saturated heterocycles. The molecule has 0 aliphatic heterocycles. The van der Waals surface area contributed by atoms with Crippen molar-refractivity contribution < 1.29 is 13.9 Å². The van der Waals surface area contributed by atoms with Crippen molar-refractivity contribution in [3.05, 3.63) is 23.8 Å². The van der Waals surface area contributed by atoms with Crippen LogP contribution >= 0.6 is 0 Å². The van der Waals surface area contributed by atoms with Crippen LogP contribution in [-0.2, 0) is 11.2 Å². The maximum absolute atomic E-state index is 14.1. The van der Waals surface area contributed by atoms with Crippen LogP contribution in [0.5, 0.6) is 5.75 Å². The molecule has 2 heterocycles. The van der Waals surface area contributed by atoms with Gasteiger partial charge in [-0.1, -0.05) is 6.92 Å². The Labute approximate surface area is 162 Å². The highest BCUT2D eigenvalue weighted by atomic mass is 19.1. The van der Waals surface area contributed by atoms with E-state index in [1.54, 1.807) is 4.90 Å². The van der Waals surface area contributed by atoms with E-state index in [-0.39, 0.29) is 23.6 Å². The molecule has 0 bridgehead atoms. The molecule has 8 nitrogen and oxygen atoms in total. The van der Waals surface area contributed by atoms with Gasteiger partial charge in [-0.05, 0) is 25.8 Å². The summed E-state index contributed by atoms with van der Waals surface area (Å²) in [7, 11) is 3.22. The van der Waals surface area contributed by atoms with Gasteiger partial charge in [0.15, 0.2) is 23.0 Å². The number of fused-ring (bicyclic) bond motifs is 3. The monoisotopic (exact) mass is 388 g/mol. The Kier molecular flexibility index (Phi) is 5.62. The van der Waals surface area contributed by atoms with Crippen molar-refractivity contribution in [1.29, 1.82) is 0 Å². The van der Waals surface area contributed by atoms with Gasteiger partial charge < -0.3 is 15.4 Å². The molecule has 0 radical (unpaired) electrons. The number of nitrogens with zero attached hydrogens (tertiary/aromatic N) is 5. The number of anilines is 1. The standard InChI is InChI=1S/C19H25FN6O2/c1-5-17(27)25(3)11(2)7-6-8-16-23-18-12-9-13(20)15(28-4)10-14(12)22-19(21)26(18)24-16/h9-11H,5-8H2,1-4H3,(H2,21,22)/t11-/m0/s1. The first-order chi connectivity index (χ1) is 13.3. The summed E-state index contributed by atoms with van der Waals surface area (Å²) in [4.78, 5) is 22.4. The van der Waals surface area contributed by atoms with Gasteiger partial charge >= 0.3 is 0 Å². The molecule has 0 fully saturated rings. The lowest BCUT2D eigenvalue weighted by Crippen LogP contribution is -2.34. The van der Waals surface area contributed by atoms with Gasteiger partial charge in [-0.3, -0.25) is 4.79 Å². The molecule has 2 aromatic heterocycles. The zero-order valence-corrected chi connectivity index (χ0v) is 16.6. The molecule has 2 N–H and O–H groups in total. The molecule has 1 atom stereocenters. The quantitative estimate of drug-likeness (QED) is 0.668.